The van der Waals surface area contributed by atoms with E-state index in [1.807, 2.05) is 15.7 Å². The van der Waals surface area contributed by atoms with Crippen molar-refractivity contribution in [3.8, 4) is 0 Å². The summed E-state index contributed by atoms with van der Waals surface area (Å²) in [5.74, 6) is 0.687. The number of rotatable bonds is 5. The maximum Gasteiger partial charge on any atom is 0.224 e. The molecule has 2 heterocycles. The van der Waals surface area contributed by atoms with Gasteiger partial charge in [0.15, 0.2) is 0 Å². The number of aryl methyl sites for hydroxylation is 1. The van der Waals surface area contributed by atoms with Crippen LogP contribution < -0.4 is 0 Å². The van der Waals surface area contributed by atoms with E-state index in [-0.39, 0.29) is 12.5 Å². The lowest BCUT2D eigenvalue weighted by molar-refractivity contribution is -0.133. The lowest BCUT2D eigenvalue weighted by atomic mass is 9.95. The summed E-state index contributed by atoms with van der Waals surface area (Å²) in [6.07, 6.45) is 8.86. The molecular formula is C13H21N3O2. The van der Waals surface area contributed by atoms with Gasteiger partial charge in [-0.25, -0.2) is 4.98 Å². The zero-order valence-electron chi connectivity index (χ0n) is 10.7. The third-order valence-corrected chi connectivity index (χ3v) is 3.55. The maximum absolute atomic E-state index is 12.1. The summed E-state index contributed by atoms with van der Waals surface area (Å²) in [5, 5.41) is 8.96. The lowest BCUT2D eigenvalue weighted by Gasteiger charge is -2.32. The Morgan fingerprint density at radius 1 is 1.50 bits per heavy atom. The first-order chi connectivity index (χ1) is 8.79. The zero-order valence-corrected chi connectivity index (χ0v) is 10.7. The molecule has 1 N–H and O–H groups in total. The van der Waals surface area contributed by atoms with E-state index in [1.54, 1.807) is 12.5 Å². The van der Waals surface area contributed by atoms with E-state index in [4.69, 9.17) is 5.11 Å². The van der Waals surface area contributed by atoms with E-state index in [0.717, 1.165) is 32.4 Å². The highest BCUT2D eigenvalue weighted by atomic mass is 16.3. The van der Waals surface area contributed by atoms with Gasteiger partial charge in [0.25, 0.3) is 0 Å². The Hall–Kier alpha value is -1.36. The second-order valence-electron chi connectivity index (χ2n) is 4.91. The number of aromatic nitrogens is 2. The largest absolute Gasteiger partial charge is 0.396 e. The maximum atomic E-state index is 12.1. The van der Waals surface area contributed by atoms with Crippen molar-refractivity contribution in [1.82, 2.24) is 14.5 Å². The molecule has 100 valence electrons. The predicted octanol–water partition coefficient (Wildman–Crippen LogP) is 0.894. The molecule has 1 aromatic rings. The normalized spacial score (nSPS) is 20.1. The Kier molecular flexibility index (Phi) is 4.75. The van der Waals surface area contributed by atoms with Crippen molar-refractivity contribution in [2.75, 3.05) is 19.7 Å². The number of amides is 1. The topological polar surface area (TPSA) is 58.4 Å². The summed E-state index contributed by atoms with van der Waals surface area (Å²) in [7, 11) is 0. The van der Waals surface area contributed by atoms with Gasteiger partial charge in [-0.2, -0.15) is 0 Å². The van der Waals surface area contributed by atoms with E-state index in [9.17, 15) is 4.79 Å². The van der Waals surface area contributed by atoms with Gasteiger partial charge in [0.2, 0.25) is 5.91 Å². The fourth-order valence-corrected chi connectivity index (χ4v) is 2.51. The van der Waals surface area contributed by atoms with Crippen LogP contribution in [0.2, 0.25) is 0 Å². The summed E-state index contributed by atoms with van der Waals surface area (Å²) in [6, 6.07) is 0. The Bertz CT molecular complexity index is 362. The quantitative estimate of drug-likeness (QED) is 0.845. The molecule has 1 saturated heterocycles. The van der Waals surface area contributed by atoms with Crippen LogP contribution in [0, 0.1) is 5.92 Å². The number of aliphatic hydroxyl groups is 1. The average Bonchev–Trinajstić information content (AvgIpc) is 2.90. The summed E-state index contributed by atoms with van der Waals surface area (Å²) in [5.41, 5.74) is 0. The third-order valence-electron chi connectivity index (χ3n) is 3.55. The molecule has 0 radical (unpaired) electrons. The van der Waals surface area contributed by atoms with E-state index in [2.05, 4.69) is 4.98 Å². The molecule has 0 spiro atoms. The molecule has 5 nitrogen and oxygen atoms in total. The average molecular weight is 251 g/mol. The molecule has 0 aromatic carbocycles. The molecular weight excluding hydrogens is 230 g/mol. The number of imidazole rings is 1. The van der Waals surface area contributed by atoms with Gasteiger partial charge in [-0.05, 0) is 25.2 Å². The van der Waals surface area contributed by atoms with Crippen LogP contribution in [0.15, 0.2) is 18.7 Å². The van der Waals surface area contributed by atoms with Gasteiger partial charge in [0.05, 0.1) is 6.33 Å². The van der Waals surface area contributed by atoms with E-state index < -0.39 is 0 Å². The highest BCUT2D eigenvalue weighted by Crippen LogP contribution is 2.19. The van der Waals surface area contributed by atoms with Crippen molar-refractivity contribution in [2.24, 2.45) is 5.92 Å². The summed E-state index contributed by atoms with van der Waals surface area (Å²) in [4.78, 5) is 18.0. The predicted molar refractivity (Wildman–Crippen MR) is 67.9 cm³/mol. The van der Waals surface area contributed by atoms with Crippen molar-refractivity contribution in [1.29, 1.82) is 0 Å². The van der Waals surface area contributed by atoms with Gasteiger partial charge in [-0.3, -0.25) is 4.79 Å². The number of carbonyl (C=O) groups excluding carboxylic acids is 1. The zero-order chi connectivity index (χ0) is 12.8. The molecule has 18 heavy (non-hydrogen) atoms. The van der Waals surface area contributed by atoms with Crippen molar-refractivity contribution in [3.05, 3.63) is 18.7 Å². The number of aliphatic hydroxyl groups excluding tert-OH is 1. The van der Waals surface area contributed by atoms with Crippen molar-refractivity contribution in [3.63, 3.8) is 0 Å². The molecule has 1 unspecified atom stereocenters. The minimum absolute atomic E-state index is 0.214. The van der Waals surface area contributed by atoms with Crippen LogP contribution in [0.5, 0.6) is 0 Å². The Balaban J connectivity index is 1.77. The Morgan fingerprint density at radius 3 is 3.11 bits per heavy atom. The van der Waals surface area contributed by atoms with E-state index >= 15 is 0 Å². The first-order valence-corrected chi connectivity index (χ1v) is 6.64. The number of nitrogens with zero attached hydrogens (tertiary/aromatic N) is 3. The van der Waals surface area contributed by atoms with Crippen LogP contribution in [-0.2, 0) is 11.3 Å². The molecule has 1 fully saturated rings. The number of carbonyl (C=O) groups is 1. The molecule has 1 aromatic heterocycles. The monoisotopic (exact) mass is 251 g/mol. The van der Waals surface area contributed by atoms with Crippen LogP contribution >= 0.6 is 0 Å². The van der Waals surface area contributed by atoms with Crippen LogP contribution in [0.25, 0.3) is 0 Å². The SMILES string of the molecule is O=C(CCn1ccnc1)N1CCCC(CCO)C1. The van der Waals surface area contributed by atoms with Gasteiger partial charge in [0, 0.05) is 45.1 Å². The van der Waals surface area contributed by atoms with Crippen LogP contribution in [-0.4, -0.2) is 45.2 Å². The standard InChI is InChI=1S/C13H21N3O2/c17-9-4-12-2-1-6-16(10-12)13(18)3-7-15-8-5-14-11-15/h5,8,11-12,17H,1-4,6-7,9-10H2. The van der Waals surface area contributed by atoms with Gasteiger partial charge in [-0.1, -0.05) is 0 Å². The number of likely N-dealkylation sites (tertiary alicyclic amines) is 1. The molecule has 1 atom stereocenters. The van der Waals surface area contributed by atoms with E-state index in [0.29, 0.717) is 18.9 Å². The lowest BCUT2D eigenvalue weighted by Crippen LogP contribution is -2.40. The molecule has 0 bridgehead atoms. The van der Waals surface area contributed by atoms with Crippen molar-refractivity contribution in [2.45, 2.75) is 32.2 Å². The molecule has 5 heteroatoms. The second kappa shape index (κ2) is 6.54. The highest BCUT2D eigenvalue weighted by Gasteiger charge is 2.22. The minimum atomic E-state index is 0.214. The van der Waals surface area contributed by atoms with Gasteiger partial charge < -0.3 is 14.6 Å². The van der Waals surface area contributed by atoms with Crippen LogP contribution in [0.4, 0.5) is 0 Å². The molecule has 1 amide bonds. The molecule has 0 saturated carbocycles. The van der Waals surface area contributed by atoms with Gasteiger partial charge >= 0.3 is 0 Å². The molecule has 1 aliphatic heterocycles. The fraction of sp³-hybridized carbons (Fsp3) is 0.692. The number of piperidine rings is 1. The molecule has 2 rings (SSSR count). The highest BCUT2D eigenvalue weighted by molar-refractivity contribution is 5.76. The minimum Gasteiger partial charge on any atom is -0.396 e. The number of hydrogen-bond donors (Lipinski definition) is 1. The second-order valence-corrected chi connectivity index (χ2v) is 4.91. The van der Waals surface area contributed by atoms with Crippen molar-refractivity contribution < 1.29 is 9.90 Å². The van der Waals surface area contributed by atoms with E-state index in [1.165, 1.54) is 0 Å². The Labute approximate surface area is 107 Å². The van der Waals surface area contributed by atoms with Crippen LogP contribution in [0.1, 0.15) is 25.7 Å². The summed E-state index contributed by atoms with van der Waals surface area (Å²) >= 11 is 0. The molecule has 1 aliphatic rings. The van der Waals surface area contributed by atoms with Gasteiger partial charge in [-0.15, -0.1) is 0 Å². The Morgan fingerprint density at radius 2 is 2.39 bits per heavy atom. The number of hydrogen-bond acceptors (Lipinski definition) is 3. The first kappa shape index (κ1) is 13.1. The van der Waals surface area contributed by atoms with Gasteiger partial charge in [0.1, 0.15) is 0 Å². The summed E-state index contributed by atoms with van der Waals surface area (Å²) in [6.45, 7) is 2.59. The summed E-state index contributed by atoms with van der Waals surface area (Å²) < 4.78 is 1.92. The smallest absolute Gasteiger partial charge is 0.224 e. The van der Waals surface area contributed by atoms with Crippen molar-refractivity contribution >= 4 is 5.91 Å². The fourth-order valence-electron chi connectivity index (χ4n) is 2.51. The molecule has 0 aliphatic carbocycles. The first-order valence-electron chi connectivity index (χ1n) is 6.64. The van der Waals surface area contributed by atoms with Crippen LogP contribution in [0.3, 0.4) is 0 Å². The third kappa shape index (κ3) is 3.57.